The molecular formula is C17H29N. The monoisotopic (exact) mass is 247 g/mol. The minimum Gasteiger partial charge on any atom is -0.293 e. The van der Waals surface area contributed by atoms with E-state index in [1.807, 2.05) is 0 Å². The fourth-order valence-corrected chi connectivity index (χ4v) is 6.14. The van der Waals surface area contributed by atoms with Crippen molar-refractivity contribution >= 4 is 0 Å². The largest absolute Gasteiger partial charge is 0.293 e. The maximum absolute atomic E-state index is 3.03. The predicted octanol–water partition coefficient (Wildman–Crippen LogP) is 4.36. The zero-order valence-electron chi connectivity index (χ0n) is 12.0. The topological polar surface area (TPSA) is 3.24 Å². The summed E-state index contributed by atoms with van der Waals surface area (Å²) in [5, 5.41) is 0. The number of hydrogen-bond donors (Lipinski definition) is 0. The van der Waals surface area contributed by atoms with E-state index >= 15 is 0 Å². The summed E-state index contributed by atoms with van der Waals surface area (Å²) >= 11 is 0. The molecule has 0 aromatic rings. The molecule has 0 amide bonds. The third-order valence-electron chi connectivity index (χ3n) is 7.04. The third kappa shape index (κ3) is 1.38. The first kappa shape index (κ1) is 11.8. The molecule has 18 heavy (non-hydrogen) atoms. The maximum Gasteiger partial charge on any atom is 0.0178 e. The lowest BCUT2D eigenvalue weighted by atomic mass is 9.47. The van der Waals surface area contributed by atoms with Crippen LogP contribution in [0.1, 0.15) is 77.6 Å². The number of piperidine rings is 1. The fraction of sp³-hybridized carbons (Fsp3) is 1.00. The first-order valence-corrected chi connectivity index (χ1v) is 8.61. The molecule has 3 aliphatic carbocycles. The van der Waals surface area contributed by atoms with Crippen LogP contribution in [0.4, 0.5) is 0 Å². The molecule has 1 nitrogen and oxygen atoms in total. The van der Waals surface area contributed by atoms with Gasteiger partial charge in [-0.3, -0.25) is 4.90 Å². The molecule has 4 fully saturated rings. The molecule has 3 saturated carbocycles. The third-order valence-corrected chi connectivity index (χ3v) is 7.04. The Labute approximate surface area is 112 Å². The number of hydrogen-bond acceptors (Lipinski definition) is 1. The van der Waals surface area contributed by atoms with Gasteiger partial charge < -0.3 is 0 Å². The summed E-state index contributed by atoms with van der Waals surface area (Å²) in [6.45, 7) is 2.53. The first-order chi connectivity index (χ1) is 8.84. The van der Waals surface area contributed by atoms with Gasteiger partial charge in [-0.1, -0.05) is 45.4 Å². The zero-order chi connectivity index (χ0) is 12.2. The molecule has 102 valence electrons. The average molecular weight is 247 g/mol. The van der Waals surface area contributed by atoms with Gasteiger partial charge in [-0.25, -0.2) is 0 Å². The zero-order valence-corrected chi connectivity index (χ0v) is 12.0. The minimum atomic E-state index is 0.822. The molecule has 0 radical (unpaired) electrons. The van der Waals surface area contributed by atoms with Crippen LogP contribution in [0.25, 0.3) is 0 Å². The van der Waals surface area contributed by atoms with Gasteiger partial charge in [0.2, 0.25) is 0 Å². The fourth-order valence-electron chi connectivity index (χ4n) is 6.14. The van der Waals surface area contributed by atoms with Crippen molar-refractivity contribution in [1.82, 2.24) is 4.90 Å². The molecule has 1 unspecified atom stereocenters. The molecule has 1 heterocycles. The Morgan fingerprint density at radius 1 is 0.833 bits per heavy atom. The Hall–Kier alpha value is -0.0400. The Morgan fingerprint density at radius 3 is 2.28 bits per heavy atom. The van der Waals surface area contributed by atoms with Gasteiger partial charge in [-0.05, 0) is 38.0 Å². The van der Waals surface area contributed by atoms with E-state index in [1.165, 1.54) is 64.2 Å². The molecule has 0 aromatic carbocycles. The standard InChI is InChI=1S/C17H29N/c1-13-12-16-17(13)11-7-10-15(17)18(16)14-8-5-3-2-4-6-9-14/h13-16H,2-12H2,1H3/t13-,15+,16+,17?/m0/s1. The quantitative estimate of drug-likeness (QED) is 0.665. The number of likely N-dealkylation sites (tertiary alicyclic amines) is 1. The van der Waals surface area contributed by atoms with Crippen LogP contribution in [0.3, 0.4) is 0 Å². The maximum atomic E-state index is 3.03. The van der Waals surface area contributed by atoms with Crippen molar-refractivity contribution in [2.75, 3.05) is 0 Å². The van der Waals surface area contributed by atoms with E-state index in [0.717, 1.165) is 29.5 Å². The SMILES string of the molecule is C[C@H]1C[C@H]2N(C3CCCCCCC3)[C@@H]3CCCC132. The van der Waals surface area contributed by atoms with Crippen LogP contribution >= 0.6 is 0 Å². The lowest BCUT2D eigenvalue weighted by Crippen LogP contribution is -2.79. The summed E-state index contributed by atoms with van der Waals surface area (Å²) < 4.78 is 0. The Kier molecular flexibility index (Phi) is 2.76. The Morgan fingerprint density at radius 2 is 1.56 bits per heavy atom. The summed E-state index contributed by atoms with van der Waals surface area (Å²) in [7, 11) is 0. The van der Waals surface area contributed by atoms with Gasteiger partial charge in [0.15, 0.2) is 0 Å². The summed E-state index contributed by atoms with van der Waals surface area (Å²) in [6.07, 6.45) is 16.7. The van der Waals surface area contributed by atoms with Crippen molar-refractivity contribution in [3.8, 4) is 0 Å². The van der Waals surface area contributed by atoms with Crippen LogP contribution in [0, 0.1) is 11.3 Å². The van der Waals surface area contributed by atoms with Crippen LogP contribution in [-0.2, 0) is 0 Å². The predicted molar refractivity (Wildman–Crippen MR) is 75.6 cm³/mol. The molecule has 4 rings (SSSR count). The normalized spacial score (nSPS) is 49.5. The smallest absolute Gasteiger partial charge is 0.0178 e. The molecule has 0 N–H and O–H groups in total. The van der Waals surface area contributed by atoms with Gasteiger partial charge in [0.05, 0.1) is 0 Å². The van der Waals surface area contributed by atoms with Gasteiger partial charge in [0.25, 0.3) is 0 Å². The van der Waals surface area contributed by atoms with Crippen LogP contribution < -0.4 is 0 Å². The summed E-state index contributed by atoms with van der Waals surface area (Å²) in [5.41, 5.74) is 0.822. The second-order valence-electron chi connectivity index (χ2n) is 7.62. The summed E-state index contributed by atoms with van der Waals surface area (Å²) in [5.74, 6) is 1.04. The van der Waals surface area contributed by atoms with E-state index in [1.54, 1.807) is 6.42 Å². The van der Waals surface area contributed by atoms with E-state index < -0.39 is 0 Å². The van der Waals surface area contributed by atoms with Gasteiger partial charge in [-0.15, -0.1) is 0 Å². The number of rotatable bonds is 1. The van der Waals surface area contributed by atoms with E-state index in [0.29, 0.717) is 0 Å². The second-order valence-corrected chi connectivity index (χ2v) is 7.62. The second kappa shape index (κ2) is 4.23. The Bertz CT molecular complexity index is 318. The average Bonchev–Trinajstić information content (AvgIpc) is 2.74. The van der Waals surface area contributed by atoms with E-state index in [9.17, 15) is 0 Å². The molecule has 0 aromatic heterocycles. The van der Waals surface area contributed by atoms with Crippen molar-refractivity contribution in [3.05, 3.63) is 0 Å². The molecule has 4 atom stereocenters. The highest BCUT2D eigenvalue weighted by Crippen LogP contribution is 2.68. The van der Waals surface area contributed by atoms with Crippen molar-refractivity contribution in [2.45, 2.75) is 95.7 Å². The van der Waals surface area contributed by atoms with Crippen LogP contribution in [0.15, 0.2) is 0 Å². The highest BCUT2D eigenvalue weighted by molar-refractivity contribution is 5.24. The molecule has 1 aliphatic heterocycles. The van der Waals surface area contributed by atoms with Crippen molar-refractivity contribution in [3.63, 3.8) is 0 Å². The summed E-state index contributed by atoms with van der Waals surface area (Å²) in [4.78, 5) is 3.03. The van der Waals surface area contributed by atoms with E-state index in [2.05, 4.69) is 11.8 Å². The summed E-state index contributed by atoms with van der Waals surface area (Å²) in [6, 6.07) is 3.00. The molecule has 1 spiro atoms. The van der Waals surface area contributed by atoms with E-state index in [4.69, 9.17) is 0 Å². The molecule has 1 saturated heterocycles. The van der Waals surface area contributed by atoms with Gasteiger partial charge in [0.1, 0.15) is 0 Å². The van der Waals surface area contributed by atoms with Crippen molar-refractivity contribution in [1.29, 1.82) is 0 Å². The molecule has 1 heteroatoms. The van der Waals surface area contributed by atoms with E-state index in [-0.39, 0.29) is 0 Å². The molecule has 0 bridgehead atoms. The Balaban J connectivity index is 1.49. The van der Waals surface area contributed by atoms with Crippen LogP contribution in [0.5, 0.6) is 0 Å². The highest BCUT2D eigenvalue weighted by atomic mass is 15.3. The molecular weight excluding hydrogens is 218 g/mol. The molecule has 4 aliphatic rings. The lowest BCUT2D eigenvalue weighted by molar-refractivity contribution is -0.244. The first-order valence-electron chi connectivity index (χ1n) is 8.61. The minimum absolute atomic E-state index is 0.822. The van der Waals surface area contributed by atoms with Gasteiger partial charge in [-0.2, -0.15) is 0 Å². The van der Waals surface area contributed by atoms with Crippen LogP contribution in [0.2, 0.25) is 0 Å². The lowest BCUT2D eigenvalue weighted by Gasteiger charge is -2.74. The van der Waals surface area contributed by atoms with Crippen molar-refractivity contribution < 1.29 is 0 Å². The highest BCUT2D eigenvalue weighted by Gasteiger charge is 2.71. The van der Waals surface area contributed by atoms with Crippen molar-refractivity contribution in [2.24, 2.45) is 11.3 Å². The van der Waals surface area contributed by atoms with Crippen LogP contribution in [-0.4, -0.2) is 23.0 Å². The number of nitrogens with zero attached hydrogens (tertiary/aromatic N) is 1. The van der Waals surface area contributed by atoms with Gasteiger partial charge in [0, 0.05) is 23.5 Å². The van der Waals surface area contributed by atoms with Gasteiger partial charge >= 0.3 is 0 Å².